The summed E-state index contributed by atoms with van der Waals surface area (Å²) in [5, 5.41) is 33.5. The molecule has 5 heterocycles. The Morgan fingerprint density at radius 2 is 1.14 bits per heavy atom. The minimum absolute atomic E-state index is 0.0289. The fourth-order valence-electron chi connectivity index (χ4n) is 3.91. The highest BCUT2D eigenvalue weighted by Gasteiger charge is 2.22. The van der Waals surface area contributed by atoms with E-state index in [9.17, 15) is 9.59 Å². The van der Waals surface area contributed by atoms with Gasteiger partial charge in [-0.2, -0.15) is 44.7 Å². The molecule has 0 fully saturated rings. The molecule has 21 nitrogen and oxygen atoms in total. The molecule has 0 radical (unpaired) electrons. The second-order valence-electron chi connectivity index (χ2n) is 8.94. The van der Waals surface area contributed by atoms with E-state index in [4.69, 9.17) is 20.9 Å². The van der Waals surface area contributed by atoms with E-state index in [-0.39, 0.29) is 57.7 Å². The van der Waals surface area contributed by atoms with Crippen LogP contribution in [0.3, 0.4) is 0 Å². The molecule has 0 saturated heterocycles. The first-order chi connectivity index (χ1) is 21.0. The molecule has 0 aliphatic rings. The number of hydrogen-bond acceptors (Lipinski definition) is 17. The number of aryl methyl sites for hydroxylation is 4. The van der Waals surface area contributed by atoms with Crippen molar-refractivity contribution in [3.05, 3.63) is 41.2 Å². The molecule has 0 spiro atoms. The monoisotopic (exact) mass is 603 g/mol. The van der Waals surface area contributed by atoms with Gasteiger partial charge in [-0.05, 0) is 13.8 Å². The number of hydrogen-bond donors (Lipinski definition) is 2. The summed E-state index contributed by atoms with van der Waals surface area (Å²) < 4.78 is 14.7. The van der Waals surface area contributed by atoms with E-state index in [1.54, 1.807) is 27.9 Å². The molecule has 44 heavy (non-hydrogen) atoms. The molecular formula is C23H25N17O4. The summed E-state index contributed by atoms with van der Waals surface area (Å²) in [5.74, 6) is -0.746. The van der Waals surface area contributed by atoms with Crippen LogP contribution in [0.25, 0.3) is 11.9 Å². The zero-order chi connectivity index (χ0) is 31.7. The molecule has 5 aromatic rings. The number of ether oxygens (including phenoxy) is 2. The van der Waals surface area contributed by atoms with Crippen molar-refractivity contribution in [2.45, 2.75) is 13.8 Å². The predicted molar refractivity (Wildman–Crippen MR) is 150 cm³/mol. The van der Waals surface area contributed by atoms with Crippen LogP contribution in [0.5, 0.6) is 0 Å². The third-order valence-corrected chi connectivity index (χ3v) is 6.17. The van der Waals surface area contributed by atoms with Gasteiger partial charge in [0, 0.05) is 14.1 Å². The second kappa shape index (κ2) is 11.5. The maximum atomic E-state index is 12.0. The number of nitrogen functional groups attached to an aromatic ring is 2. The van der Waals surface area contributed by atoms with Gasteiger partial charge in [0.1, 0.15) is 17.5 Å². The van der Waals surface area contributed by atoms with Gasteiger partial charge in [-0.1, -0.05) is 0 Å². The first-order valence-electron chi connectivity index (χ1n) is 12.5. The third-order valence-electron chi connectivity index (χ3n) is 6.17. The Kier molecular flexibility index (Phi) is 7.58. The zero-order valence-electron chi connectivity index (χ0n) is 24.2. The number of rotatable bonds is 8. The van der Waals surface area contributed by atoms with Crippen molar-refractivity contribution in [3.8, 4) is 11.9 Å². The summed E-state index contributed by atoms with van der Waals surface area (Å²) in [5.41, 5.74) is 14.2. The van der Waals surface area contributed by atoms with Crippen LogP contribution in [-0.2, 0) is 23.6 Å². The number of esters is 2. The van der Waals surface area contributed by atoms with Crippen molar-refractivity contribution in [1.29, 1.82) is 0 Å². The largest absolute Gasteiger partial charge is 0.465 e. The maximum Gasteiger partial charge on any atom is 0.343 e. The lowest BCUT2D eigenvalue weighted by atomic mass is 10.3. The number of nitrogens with zero attached hydrogens (tertiary/aromatic N) is 15. The van der Waals surface area contributed by atoms with Crippen LogP contribution in [0.4, 0.5) is 34.6 Å². The molecule has 0 aliphatic heterocycles. The van der Waals surface area contributed by atoms with Crippen LogP contribution in [0, 0.1) is 13.8 Å². The van der Waals surface area contributed by atoms with Crippen LogP contribution in [0.1, 0.15) is 32.1 Å². The summed E-state index contributed by atoms with van der Waals surface area (Å²) in [6, 6.07) is 0. The quantitative estimate of drug-likeness (QED) is 0.190. The van der Waals surface area contributed by atoms with Gasteiger partial charge in [0.25, 0.3) is 11.9 Å². The molecule has 21 heteroatoms. The molecule has 0 amide bonds. The first-order valence-corrected chi connectivity index (χ1v) is 12.5. The Hall–Kier alpha value is -6.41. The topological polar surface area (TPSA) is 264 Å². The van der Waals surface area contributed by atoms with Crippen LogP contribution >= 0.6 is 0 Å². The van der Waals surface area contributed by atoms with Crippen molar-refractivity contribution >= 4 is 46.6 Å². The lowest BCUT2D eigenvalue weighted by Crippen LogP contribution is -2.12. The van der Waals surface area contributed by atoms with Gasteiger partial charge in [0.2, 0.25) is 0 Å². The number of azo groups is 2. The van der Waals surface area contributed by atoms with Gasteiger partial charge >= 0.3 is 11.9 Å². The second-order valence-corrected chi connectivity index (χ2v) is 8.94. The number of carbonyl (C=O) groups excluding carboxylic acids is 2. The highest BCUT2D eigenvalue weighted by Crippen LogP contribution is 2.32. The third kappa shape index (κ3) is 5.08. The highest BCUT2D eigenvalue weighted by molar-refractivity contribution is 5.94. The molecule has 0 aliphatic carbocycles. The fourth-order valence-corrected chi connectivity index (χ4v) is 3.91. The van der Waals surface area contributed by atoms with Crippen LogP contribution < -0.4 is 11.5 Å². The molecule has 4 N–H and O–H groups in total. The lowest BCUT2D eigenvalue weighted by molar-refractivity contribution is 0.0592. The van der Waals surface area contributed by atoms with E-state index in [2.05, 4.69) is 55.8 Å². The van der Waals surface area contributed by atoms with E-state index in [1.165, 1.54) is 51.7 Å². The fraction of sp³-hybridized carbons (Fsp3) is 0.261. The van der Waals surface area contributed by atoms with E-state index in [1.807, 2.05) is 0 Å². The molecule has 0 unspecified atom stereocenters. The van der Waals surface area contributed by atoms with Gasteiger partial charge < -0.3 is 20.9 Å². The van der Waals surface area contributed by atoms with Gasteiger partial charge in [0.15, 0.2) is 34.6 Å². The van der Waals surface area contributed by atoms with E-state index in [0.29, 0.717) is 11.4 Å². The van der Waals surface area contributed by atoms with E-state index < -0.39 is 11.9 Å². The smallest absolute Gasteiger partial charge is 0.343 e. The summed E-state index contributed by atoms with van der Waals surface area (Å²) in [4.78, 5) is 36.8. The summed E-state index contributed by atoms with van der Waals surface area (Å²) >= 11 is 0. The van der Waals surface area contributed by atoms with Crippen LogP contribution in [0.15, 0.2) is 39.2 Å². The normalized spacial score (nSPS) is 11.6. The van der Waals surface area contributed by atoms with Gasteiger partial charge in [-0.25, -0.2) is 19.0 Å². The number of aromatic nitrogens is 11. The van der Waals surface area contributed by atoms with Crippen LogP contribution in [0.2, 0.25) is 0 Å². The maximum absolute atomic E-state index is 12.0. The zero-order valence-corrected chi connectivity index (χ0v) is 24.2. The molecule has 0 saturated carbocycles. The molecular weight excluding hydrogens is 578 g/mol. The summed E-state index contributed by atoms with van der Waals surface area (Å²) in [6.45, 7) is 3.32. The van der Waals surface area contributed by atoms with Crippen molar-refractivity contribution in [2.75, 3.05) is 25.7 Å². The Balaban J connectivity index is 1.47. The Bertz CT molecular complexity index is 1820. The summed E-state index contributed by atoms with van der Waals surface area (Å²) in [6.07, 6.45) is 3.86. The Morgan fingerprint density at radius 3 is 1.52 bits per heavy atom. The van der Waals surface area contributed by atoms with Gasteiger partial charge in [0.05, 0.1) is 38.0 Å². The van der Waals surface area contributed by atoms with Crippen LogP contribution in [-0.4, -0.2) is 80.2 Å². The number of nitrogens with two attached hydrogens (primary N) is 2. The molecule has 0 bridgehead atoms. The molecule has 226 valence electrons. The summed E-state index contributed by atoms with van der Waals surface area (Å²) in [7, 11) is 5.69. The molecule has 0 atom stereocenters. The average Bonchev–Trinajstić information content (AvgIpc) is 3.74. The molecule has 5 rings (SSSR count). The van der Waals surface area contributed by atoms with E-state index >= 15 is 0 Å². The molecule has 0 aromatic carbocycles. The lowest BCUT2D eigenvalue weighted by Gasteiger charge is -2.05. The van der Waals surface area contributed by atoms with Gasteiger partial charge in [-0.15, -0.1) is 20.5 Å². The highest BCUT2D eigenvalue weighted by atomic mass is 16.5. The minimum Gasteiger partial charge on any atom is -0.465 e. The van der Waals surface area contributed by atoms with Crippen molar-refractivity contribution in [2.24, 2.45) is 34.6 Å². The Morgan fingerprint density at radius 1 is 0.727 bits per heavy atom. The van der Waals surface area contributed by atoms with Gasteiger partial charge in [-0.3, -0.25) is 0 Å². The number of carbonyl (C=O) groups is 2. The minimum atomic E-state index is -0.620. The Labute approximate surface area is 247 Å². The van der Waals surface area contributed by atoms with Crippen molar-refractivity contribution in [3.63, 3.8) is 0 Å². The number of methoxy groups -OCH3 is 2. The van der Waals surface area contributed by atoms with Crippen molar-refractivity contribution < 1.29 is 19.1 Å². The van der Waals surface area contributed by atoms with Crippen molar-refractivity contribution in [1.82, 2.24) is 54.1 Å². The SMILES string of the molecule is COC(=O)c1cnn(C)c1/N=N/c1c(C)nn(-c2ncnc(-n3nc(C)c(/N=N/c4c(C(=O)OC)cnn4C)c3N)n2)c1N. The molecule has 5 aromatic heterocycles. The standard InChI is InChI=1S/C23H25N17O4/c1-10-14(31-33-18-12(20(41)43-5)7-28-37(18)3)16(24)39(35-10)22-26-9-27-23(30-22)40-17(25)15(11(2)36-40)32-34-19-13(21(42)44-6)8-29-38(19)4/h7-9H,24-25H2,1-6H3/b33-31+,34-32+. The first kappa shape index (κ1) is 29.1. The number of anilines is 2. The average molecular weight is 604 g/mol. The predicted octanol–water partition coefficient (Wildman–Crippen LogP) is 1.90. The van der Waals surface area contributed by atoms with E-state index in [0.717, 1.165) is 0 Å².